The number of para-hydroxylation sites is 2. The van der Waals surface area contributed by atoms with Crippen molar-refractivity contribution in [2.45, 2.75) is 0 Å². The van der Waals surface area contributed by atoms with Gasteiger partial charge in [-0.3, -0.25) is 9.69 Å². The third-order valence-corrected chi connectivity index (χ3v) is 3.77. The van der Waals surface area contributed by atoms with Gasteiger partial charge in [0.2, 0.25) is 0 Å². The molecule has 0 aliphatic carbocycles. The first-order valence-corrected chi connectivity index (χ1v) is 6.85. The Labute approximate surface area is 120 Å². The standard InChI is InChI=1S/C15H13BrN2O/c1-17-10-15(19)18(12-8-6-11(16)7-9-12)14-5-3-2-4-13(14)17/h2-9H,10H2,1H3. The maximum Gasteiger partial charge on any atom is 0.251 e. The van der Waals surface area contributed by atoms with E-state index in [2.05, 4.69) is 15.9 Å². The van der Waals surface area contributed by atoms with Gasteiger partial charge in [-0.2, -0.15) is 0 Å². The zero-order valence-corrected chi connectivity index (χ0v) is 12.1. The summed E-state index contributed by atoms with van der Waals surface area (Å²) in [6.07, 6.45) is 0. The first-order chi connectivity index (χ1) is 9.16. The molecule has 0 aromatic heterocycles. The summed E-state index contributed by atoms with van der Waals surface area (Å²) in [6.45, 7) is 0.396. The number of hydrogen-bond acceptors (Lipinski definition) is 2. The van der Waals surface area contributed by atoms with Gasteiger partial charge in [0.15, 0.2) is 0 Å². The molecule has 0 atom stereocenters. The molecule has 3 nitrogen and oxygen atoms in total. The average Bonchev–Trinajstić information content (AvgIpc) is 2.41. The number of anilines is 3. The van der Waals surface area contributed by atoms with Crippen molar-refractivity contribution >= 4 is 38.9 Å². The van der Waals surface area contributed by atoms with Crippen LogP contribution in [0.1, 0.15) is 0 Å². The average molecular weight is 317 g/mol. The SMILES string of the molecule is CN1CC(=O)N(c2ccc(Br)cc2)c2ccccc21. The highest BCUT2D eigenvalue weighted by molar-refractivity contribution is 9.10. The zero-order chi connectivity index (χ0) is 13.4. The van der Waals surface area contributed by atoms with Crippen molar-refractivity contribution in [2.24, 2.45) is 0 Å². The lowest BCUT2D eigenvalue weighted by molar-refractivity contribution is -0.116. The van der Waals surface area contributed by atoms with Crippen LogP contribution >= 0.6 is 15.9 Å². The highest BCUT2D eigenvalue weighted by atomic mass is 79.9. The molecule has 0 spiro atoms. The van der Waals surface area contributed by atoms with Gasteiger partial charge in [-0.05, 0) is 36.4 Å². The van der Waals surface area contributed by atoms with E-state index in [1.165, 1.54) is 0 Å². The lowest BCUT2D eigenvalue weighted by atomic mass is 10.1. The number of carbonyl (C=O) groups is 1. The molecule has 0 N–H and O–H groups in total. The fourth-order valence-corrected chi connectivity index (χ4v) is 2.61. The molecule has 0 bridgehead atoms. The third-order valence-electron chi connectivity index (χ3n) is 3.24. The molecule has 1 amide bonds. The molecule has 4 heteroatoms. The second-order valence-corrected chi connectivity index (χ2v) is 5.47. The van der Waals surface area contributed by atoms with E-state index < -0.39 is 0 Å². The molecule has 1 aliphatic heterocycles. The van der Waals surface area contributed by atoms with E-state index in [1.807, 2.05) is 60.5 Å². The topological polar surface area (TPSA) is 23.6 Å². The predicted molar refractivity (Wildman–Crippen MR) is 81.0 cm³/mol. The van der Waals surface area contributed by atoms with Crippen molar-refractivity contribution in [3.63, 3.8) is 0 Å². The van der Waals surface area contributed by atoms with Gasteiger partial charge in [0.1, 0.15) is 0 Å². The maximum absolute atomic E-state index is 12.3. The Hall–Kier alpha value is -1.81. The first kappa shape index (κ1) is 12.2. The van der Waals surface area contributed by atoms with Crippen LogP contribution in [0.2, 0.25) is 0 Å². The summed E-state index contributed by atoms with van der Waals surface area (Å²) in [5.41, 5.74) is 2.90. The monoisotopic (exact) mass is 316 g/mol. The van der Waals surface area contributed by atoms with Gasteiger partial charge in [0.05, 0.1) is 17.9 Å². The summed E-state index contributed by atoms with van der Waals surface area (Å²) < 4.78 is 1.01. The number of hydrogen-bond donors (Lipinski definition) is 0. The smallest absolute Gasteiger partial charge is 0.251 e. The molecule has 1 aliphatic rings. The van der Waals surface area contributed by atoms with Crippen LogP contribution in [0.3, 0.4) is 0 Å². The summed E-state index contributed by atoms with van der Waals surface area (Å²) in [4.78, 5) is 16.1. The van der Waals surface area contributed by atoms with E-state index >= 15 is 0 Å². The van der Waals surface area contributed by atoms with Gasteiger partial charge in [-0.15, -0.1) is 0 Å². The second-order valence-electron chi connectivity index (χ2n) is 4.55. The van der Waals surface area contributed by atoms with E-state index in [0.29, 0.717) is 6.54 Å². The Balaban J connectivity index is 2.12. The zero-order valence-electron chi connectivity index (χ0n) is 10.5. The highest BCUT2D eigenvalue weighted by Gasteiger charge is 2.27. The largest absolute Gasteiger partial charge is 0.364 e. The van der Waals surface area contributed by atoms with Gasteiger partial charge in [-0.1, -0.05) is 28.1 Å². The molecule has 0 unspecified atom stereocenters. The molecular formula is C15H13BrN2O. The van der Waals surface area contributed by atoms with Crippen LogP contribution in [0.5, 0.6) is 0 Å². The summed E-state index contributed by atoms with van der Waals surface area (Å²) in [5.74, 6) is 0.0866. The molecule has 3 rings (SSSR count). The van der Waals surface area contributed by atoms with Crippen LogP contribution in [-0.2, 0) is 4.79 Å². The fraction of sp³-hybridized carbons (Fsp3) is 0.133. The predicted octanol–water partition coefficient (Wildman–Crippen LogP) is 3.56. The van der Waals surface area contributed by atoms with Crippen molar-refractivity contribution in [3.05, 3.63) is 53.0 Å². The van der Waals surface area contributed by atoms with E-state index in [4.69, 9.17) is 0 Å². The molecule has 0 fully saturated rings. The molecule has 1 heterocycles. The number of fused-ring (bicyclic) bond motifs is 1. The van der Waals surface area contributed by atoms with Crippen molar-refractivity contribution in [2.75, 3.05) is 23.4 Å². The molecular weight excluding hydrogens is 304 g/mol. The maximum atomic E-state index is 12.3. The van der Waals surface area contributed by atoms with Crippen LogP contribution in [0.15, 0.2) is 53.0 Å². The summed E-state index contributed by atoms with van der Waals surface area (Å²) in [6, 6.07) is 15.8. The van der Waals surface area contributed by atoms with Crippen molar-refractivity contribution in [1.82, 2.24) is 0 Å². The van der Waals surface area contributed by atoms with Crippen LogP contribution in [0.4, 0.5) is 17.1 Å². The Kier molecular flexibility index (Phi) is 3.03. The Morgan fingerprint density at radius 2 is 1.63 bits per heavy atom. The highest BCUT2D eigenvalue weighted by Crippen LogP contribution is 2.37. The molecule has 0 radical (unpaired) electrons. The molecule has 19 heavy (non-hydrogen) atoms. The van der Waals surface area contributed by atoms with Crippen molar-refractivity contribution in [3.8, 4) is 0 Å². The van der Waals surface area contributed by atoms with Gasteiger partial charge in [-0.25, -0.2) is 0 Å². The molecule has 2 aromatic rings. The quantitative estimate of drug-likeness (QED) is 0.803. The van der Waals surface area contributed by atoms with Gasteiger partial charge in [0.25, 0.3) is 5.91 Å². The molecule has 0 saturated carbocycles. The fourth-order valence-electron chi connectivity index (χ4n) is 2.34. The number of rotatable bonds is 1. The lowest BCUT2D eigenvalue weighted by Crippen LogP contribution is -2.41. The number of halogens is 1. The second kappa shape index (κ2) is 4.70. The van der Waals surface area contributed by atoms with Crippen molar-refractivity contribution in [1.29, 1.82) is 0 Å². The summed E-state index contributed by atoms with van der Waals surface area (Å²) in [5, 5.41) is 0. The third kappa shape index (κ3) is 2.12. The van der Waals surface area contributed by atoms with Gasteiger partial charge in [0, 0.05) is 17.2 Å². The number of benzene rings is 2. The van der Waals surface area contributed by atoms with Gasteiger partial charge < -0.3 is 4.90 Å². The Morgan fingerprint density at radius 3 is 2.32 bits per heavy atom. The van der Waals surface area contributed by atoms with E-state index in [-0.39, 0.29) is 5.91 Å². The van der Waals surface area contributed by atoms with Crippen LogP contribution in [0.25, 0.3) is 0 Å². The lowest BCUT2D eigenvalue weighted by Gasteiger charge is -2.35. The number of likely N-dealkylation sites (N-methyl/N-ethyl adjacent to an activating group) is 1. The molecule has 0 saturated heterocycles. The first-order valence-electron chi connectivity index (χ1n) is 6.05. The van der Waals surface area contributed by atoms with Crippen LogP contribution < -0.4 is 9.80 Å². The minimum absolute atomic E-state index is 0.0866. The summed E-state index contributed by atoms with van der Waals surface area (Å²) in [7, 11) is 1.94. The van der Waals surface area contributed by atoms with Crippen LogP contribution in [-0.4, -0.2) is 19.5 Å². The Bertz CT molecular complexity index is 624. The van der Waals surface area contributed by atoms with Crippen molar-refractivity contribution < 1.29 is 4.79 Å². The molecule has 96 valence electrons. The number of nitrogens with zero attached hydrogens (tertiary/aromatic N) is 2. The number of amides is 1. The van der Waals surface area contributed by atoms with E-state index in [0.717, 1.165) is 21.5 Å². The van der Waals surface area contributed by atoms with Gasteiger partial charge >= 0.3 is 0 Å². The number of carbonyl (C=O) groups excluding carboxylic acids is 1. The minimum atomic E-state index is 0.0866. The van der Waals surface area contributed by atoms with Crippen LogP contribution in [0, 0.1) is 0 Å². The van der Waals surface area contributed by atoms with E-state index in [9.17, 15) is 4.79 Å². The summed E-state index contributed by atoms with van der Waals surface area (Å²) >= 11 is 3.41. The Morgan fingerprint density at radius 1 is 1.00 bits per heavy atom. The normalized spacial score (nSPS) is 14.5. The minimum Gasteiger partial charge on any atom is -0.364 e. The van der Waals surface area contributed by atoms with E-state index in [1.54, 1.807) is 4.90 Å². The molecule has 2 aromatic carbocycles.